The molecule has 2 amide bonds. The van der Waals surface area contributed by atoms with Crippen LogP contribution in [0.5, 0.6) is 0 Å². The number of benzene rings is 2. The summed E-state index contributed by atoms with van der Waals surface area (Å²) in [7, 11) is -3.08. The van der Waals surface area contributed by atoms with Gasteiger partial charge in [0.15, 0.2) is 0 Å². The van der Waals surface area contributed by atoms with Gasteiger partial charge in [0.2, 0.25) is 5.91 Å². The van der Waals surface area contributed by atoms with Crippen molar-refractivity contribution in [2.45, 2.75) is 70.0 Å². The summed E-state index contributed by atoms with van der Waals surface area (Å²) in [5.41, 5.74) is 1.53. The van der Waals surface area contributed by atoms with Gasteiger partial charge < -0.3 is 9.47 Å². The number of likely N-dealkylation sites (tertiary alicyclic amines) is 1. The van der Waals surface area contributed by atoms with Crippen LogP contribution in [-0.4, -0.2) is 60.4 Å². The summed E-state index contributed by atoms with van der Waals surface area (Å²) in [4.78, 5) is 40.4. The number of amides is 2. The average molecular weight is 541 g/mol. The molecule has 4 rings (SSSR count). The molecule has 2 aromatic carbocycles. The quantitative estimate of drug-likeness (QED) is 0.535. The minimum absolute atomic E-state index is 0.00119. The summed E-state index contributed by atoms with van der Waals surface area (Å²) in [6.07, 6.45) is -1.21. The molecule has 2 aliphatic rings. The molecule has 0 saturated carbocycles. The lowest BCUT2D eigenvalue weighted by Gasteiger charge is -2.41. The Balaban J connectivity index is 1.97. The molecule has 0 bridgehead atoms. The molecule has 1 fully saturated rings. The van der Waals surface area contributed by atoms with Crippen molar-refractivity contribution in [1.29, 1.82) is 0 Å². The van der Waals surface area contributed by atoms with Crippen LogP contribution in [0.3, 0.4) is 0 Å². The Bertz CT molecular complexity index is 1420. The number of rotatable bonds is 4. The number of nitrogens with zero attached hydrogens (tertiary/aromatic N) is 2. The van der Waals surface area contributed by atoms with Gasteiger partial charge in [-0.15, -0.1) is 0 Å². The van der Waals surface area contributed by atoms with Crippen LogP contribution in [0, 0.1) is 13.8 Å². The first-order valence-corrected chi connectivity index (χ1v) is 13.7. The fraction of sp³-hybridized carbons (Fsp3) is 0.393. The van der Waals surface area contributed by atoms with Crippen molar-refractivity contribution >= 4 is 33.7 Å². The first-order chi connectivity index (χ1) is 17.7. The third-order valence-corrected chi connectivity index (χ3v) is 8.38. The van der Waals surface area contributed by atoms with E-state index in [-0.39, 0.29) is 29.0 Å². The summed E-state index contributed by atoms with van der Waals surface area (Å²) in [5, 5.41) is 0. The fourth-order valence-electron chi connectivity index (χ4n) is 4.91. The van der Waals surface area contributed by atoms with Crippen LogP contribution in [0.4, 0.5) is 4.79 Å². The lowest BCUT2D eigenvalue weighted by molar-refractivity contribution is -0.137. The van der Waals surface area contributed by atoms with E-state index in [1.165, 1.54) is 19.2 Å². The molecule has 9 nitrogen and oxygen atoms in total. The second kappa shape index (κ2) is 9.90. The van der Waals surface area contributed by atoms with Crippen LogP contribution in [0.1, 0.15) is 50.3 Å². The van der Waals surface area contributed by atoms with Crippen LogP contribution in [-0.2, 0) is 29.1 Å². The van der Waals surface area contributed by atoms with Crippen molar-refractivity contribution in [2.24, 2.45) is 0 Å². The number of ether oxygens (including phenoxy) is 2. The zero-order chi connectivity index (χ0) is 28.0. The van der Waals surface area contributed by atoms with Crippen molar-refractivity contribution in [1.82, 2.24) is 9.21 Å². The number of aryl methyl sites for hydroxylation is 2. The van der Waals surface area contributed by atoms with E-state index in [1.54, 1.807) is 51.1 Å². The molecule has 202 valence electrons. The number of hydrogen-bond acceptors (Lipinski definition) is 7. The van der Waals surface area contributed by atoms with Gasteiger partial charge >= 0.3 is 12.1 Å². The third kappa shape index (κ3) is 5.05. The van der Waals surface area contributed by atoms with E-state index in [2.05, 4.69) is 0 Å². The first-order valence-electron chi connectivity index (χ1n) is 12.3. The van der Waals surface area contributed by atoms with Gasteiger partial charge in [0.1, 0.15) is 5.60 Å². The molecule has 0 radical (unpaired) electrons. The summed E-state index contributed by atoms with van der Waals surface area (Å²) >= 11 is 0. The highest BCUT2D eigenvalue weighted by Crippen LogP contribution is 2.44. The number of imide groups is 1. The van der Waals surface area contributed by atoms with E-state index in [9.17, 15) is 22.8 Å². The minimum atomic E-state index is -4.29. The largest absolute Gasteiger partial charge is 0.466 e. The van der Waals surface area contributed by atoms with E-state index in [0.717, 1.165) is 20.3 Å². The van der Waals surface area contributed by atoms with Gasteiger partial charge in [-0.25, -0.2) is 22.9 Å². The van der Waals surface area contributed by atoms with Crippen LogP contribution < -0.4 is 0 Å². The smallest absolute Gasteiger partial charge is 0.417 e. The normalized spacial score (nSPS) is 19.9. The van der Waals surface area contributed by atoms with Gasteiger partial charge in [0.25, 0.3) is 10.0 Å². The molecule has 10 heteroatoms. The Labute approximate surface area is 223 Å². The maximum absolute atomic E-state index is 14.3. The summed E-state index contributed by atoms with van der Waals surface area (Å²) in [6, 6.07) is 11.5. The van der Waals surface area contributed by atoms with Crippen molar-refractivity contribution < 1.29 is 32.3 Å². The molecule has 2 atom stereocenters. The SMILES string of the molecule is COC(=O)C1=C(c2cccc(C)c2)N(S(=O)(=O)c2ccc(C)cc2)[C@@H]2CC(=O)N(C(=O)OC(C)(C)C)[C@@H]2C1. The topological polar surface area (TPSA) is 110 Å². The number of carbonyl (C=O) groups excluding carboxylic acids is 3. The molecule has 0 aromatic heterocycles. The Hall–Kier alpha value is -3.66. The number of esters is 1. The molecule has 2 aromatic rings. The van der Waals surface area contributed by atoms with Crippen LogP contribution in [0.15, 0.2) is 59.0 Å². The molecule has 2 heterocycles. The van der Waals surface area contributed by atoms with Crippen LogP contribution >= 0.6 is 0 Å². The number of hydrogen-bond donors (Lipinski definition) is 0. The van der Waals surface area contributed by atoms with Gasteiger partial charge in [-0.1, -0.05) is 41.5 Å². The first kappa shape index (κ1) is 27.4. The van der Waals surface area contributed by atoms with Crippen molar-refractivity contribution in [2.75, 3.05) is 7.11 Å². The molecule has 0 N–H and O–H groups in total. The molecule has 0 spiro atoms. The Morgan fingerprint density at radius 1 is 0.947 bits per heavy atom. The maximum atomic E-state index is 14.3. The Morgan fingerprint density at radius 3 is 2.18 bits per heavy atom. The number of carbonyl (C=O) groups is 3. The molecule has 0 unspecified atom stereocenters. The lowest BCUT2D eigenvalue weighted by atomic mass is 9.90. The highest BCUT2D eigenvalue weighted by atomic mass is 32.2. The highest BCUT2D eigenvalue weighted by molar-refractivity contribution is 7.89. The minimum Gasteiger partial charge on any atom is -0.466 e. The van der Waals surface area contributed by atoms with Crippen molar-refractivity contribution in [3.63, 3.8) is 0 Å². The molecule has 38 heavy (non-hydrogen) atoms. The monoisotopic (exact) mass is 540 g/mol. The number of fused-ring (bicyclic) bond motifs is 1. The number of methoxy groups -OCH3 is 1. The van der Waals surface area contributed by atoms with Crippen LogP contribution in [0.25, 0.3) is 5.70 Å². The van der Waals surface area contributed by atoms with Gasteiger partial charge in [-0.05, 0) is 58.4 Å². The summed E-state index contributed by atoms with van der Waals surface area (Å²) < 4.78 is 40.2. The molecule has 2 aliphatic heterocycles. The average Bonchev–Trinajstić information content (AvgIpc) is 3.16. The van der Waals surface area contributed by atoms with Gasteiger partial charge in [0, 0.05) is 6.42 Å². The second-order valence-electron chi connectivity index (χ2n) is 10.6. The zero-order valence-corrected chi connectivity index (χ0v) is 23.2. The van der Waals surface area contributed by atoms with Crippen LogP contribution in [0.2, 0.25) is 0 Å². The van der Waals surface area contributed by atoms with Crippen molar-refractivity contribution in [3.05, 3.63) is 70.8 Å². The second-order valence-corrected chi connectivity index (χ2v) is 12.4. The van der Waals surface area contributed by atoms with E-state index < -0.39 is 45.7 Å². The van der Waals surface area contributed by atoms with Gasteiger partial charge in [-0.2, -0.15) is 0 Å². The van der Waals surface area contributed by atoms with Gasteiger partial charge in [-0.3, -0.25) is 9.10 Å². The molecular weight excluding hydrogens is 508 g/mol. The predicted octanol–water partition coefficient (Wildman–Crippen LogP) is 4.19. The molecular formula is C28H32N2O7S. The lowest BCUT2D eigenvalue weighted by Crippen LogP contribution is -2.53. The number of sulfonamides is 1. The summed E-state index contributed by atoms with van der Waals surface area (Å²) in [6.45, 7) is 8.72. The van der Waals surface area contributed by atoms with E-state index in [1.807, 2.05) is 19.9 Å². The standard InChI is InChI=1S/C28H32N2O7S/c1-17-10-12-20(13-11-17)38(34,35)30-23-16-24(31)29(27(33)37-28(3,4)5)22(23)15-21(26(32)36-6)25(30)19-9-7-8-18(2)14-19/h7-14,22-23H,15-16H2,1-6H3/t22-,23-/m1/s1. The van der Waals surface area contributed by atoms with Gasteiger partial charge in [0.05, 0.1) is 41.8 Å². The zero-order valence-electron chi connectivity index (χ0n) is 22.3. The maximum Gasteiger partial charge on any atom is 0.417 e. The fourth-order valence-corrected chi connectivity index (χ4v) is 6.64. The third-order valence-electron chi connectivity index (χ3n) is 6.54. The predicted molar refractivity (Wildman–Crippen MR) is 140 cm³/mol. The molecule has 0 aliphatic carbocycles. The highest BCUT2D eigenvalue weighted by Gasteiger charge is 2.55. The summed E-state index contributed by atoms with van der Waals surface area (Å²) in [5.74, 6) is -1.32. The Kier molecular flexibility index (Phi) is 7.13. The molecule has 1 saturated heterocycles. The van der Waals surface area contributed by atoms with E-state index in [0.29, 0.717) is 5.56 Å². The van der Waals surface area contributed by atoms with E-state index in [4.69, 9.17) is 9.47 Å². The van der Waals surface area contributed by atoms with E-state index >= 15 is 0 Å². The van der Waals surface area contributed by atoms with Crippen molar-refractivity contribution in [3.8, 4) is 0 Å². The Morgan fingerprint density at radius 2 is 1.61 bits per heavy atom.